The quantitative estimate of drug-likeness (QED) is 0.183. The van der Waals surface area contributed by atoms with Crippen molar-refractivity contribution in [3.8, 4) is 33.6 Å². The van der Waals surface area contributed by atoms with E-state index in [2.05, 4.69) is 179 Å². The summed E-state index contributed by atoms with van der Waals surface area (Å²) in [5.74, 6) is 0. The third kappa shape index (κ3) is 4.05. The summed E-state index contributed by atoms with van der Waals surface area (Å²) in [5, 5.41) is 8.67. The Morgan fingerprint density at radius 1 is 0.417 bits per heavy atom. The molecule has 0 saturated carbocycles. The standard InChI is InChI=1S/C45H30N2S/c1-29-18-22-32(23-19-29)46-40-14-6-2-10-33(40)37-26-30(20-24-43(37)46)31-21-25-44-38(27-31)34-11-3-7-15-41(34)47(44)42-16-8-4-12-35(42)39-28-48-45-17-9-5-13-36(39)45/h2-28H,1H3. The number of hydrogen-bond donors (Lipinski definition) is 0. The SMILES string of the molecule is Cc1ccc(-n2c3ccccc3c3cc(-c4ccc5c(c4)c4ccccc4n5-c4ccccc4-c4csc5ccccc45)ccc32)cc1. The largest absolute Gasteiger partial charge is 0.309 e. The minimum absolute atomic E-state index is 1.18. The maximum absolute atomic E-state index is 2.45. The van der Waals surface area contributed by atoms with E-state index in [0.717, 1.165) is 0 Å². The van der Waals surface area contributed by atoms with Gasteiger partial charge in [0.1, 0.15) is 0 Å². The van der Waals surface area contributed by atoms with Gasteiger partial charge < -0.3 is 9.13 Å². The molecule has 10 rings (SSSR count). The molecule has 7 aromatic carbocycles. The first-order valence-corrected chi connectivity index (χ1v) is 17.3. The van der Waals surface area contributed by atoms with Crippen molar-refractivity contribution in [3.63, 3.8) is 0 Å². The van der Waals surface area contributed by atoms with Crippen LogP contribution in [0, 0.1) is 6.92 Å². The van der Waals surface area contributed by atoms with E-state index < -0.39 is 0 Å². The van der Waals surface area contributed by atoms with E-state index in [1.165, 1.54) is 92.9 Å². The molecule has 0 aliphatic rings. The molecule has 0 amide bonds. The molecule has 48 heavy (non-hydrogen) atoms. The van der Waals surface area contributed by atoms with Crippen LogP contribution < -0.4 is 0 Å². The average Bonchev–Trinajstić information content (AvgIpc) is 3.82. The molecule has 10 aromatic rings. The van der Waals surface area contributed by atoms with E-state index in [4.69, 9.17) is 0 Å². The maximum atomic E-state index is 2.45. The fourth-order valence-corrected chi connectivity index (χ4v) is 8.58. The number of benzene rings is 7. The van der Waals surface area contributed by atoms with Gasteiger partial charge in [-0.05, 0) is 84.1 Å². The lowest BCUT2D eigenvalue weighted by atomic mass is 10.0. The van der Waals surface area contributed by atoms with Gasteiger partial charge in [0.25, 0.3) is 0 Å². The normalized spacial score (nSPS) is 11.9. The zero-order chi connectivity index (χ0) is 31.8. The van der Waals surface area contributed by atoms with Crippen LogP contribution in [0.2, 0.25) is 0 Å². The Bertz CT molecular complexity index is 2840. The third-order valence-corrected chi connectivity index (χ3v) is 10.9. The summed E-state index contributed by atoms with van der Waals surface area (Å²) in [6.45, 7) is 2.14. The van der Waals surface area contributed by atoms with Crippen LogP contribution >= 0.6 is 11.3 Å². The van der Waals surface area contributed by atoms with Gasteiger partial charge in [-0.3, -0.25) is 0 Å². The zero-order valence-corrected chi connectivity index (χ0v) is 27.2. The fourth-order valence-electron chi connectivity index (χ4n) is 7.62. The fraction of sp³-hybridized carbons (Fsp3) is 0.0222. The molecule has 0 aliphatic carbocycles. The van der Waals surface area contributed by atoms with E-state index in [0.29, 0.717) is 0 Å². The number of fused-ring (bicyclic) bond motifs is 7. The van der Waals surface area contributed by atoms with Crippen LogP contribution in [0.15, 0.2) is 163 Å². The first-order chi connectivity index (χ1) is 23.7. The van der Waals surface area contributed by atoms with Crippen molar-refractivity contribution in [3.05, 3.63) is 169 Å². The van der Waals surface area contributed by atoms with Gasteiger partial charge in [0.05, 0.1) is 27.8 Å². The third-order valence-electron chi connectivity index (χ3n) is 9.89. The number of thiophene rings is 1. The van der Waals surface area contributed by atoms with Crippen molar-refractivity contribution in [2.45, 2.75) is 6.92 Å². The second kappa shape index (κ2) is 10.6. The number of nitrogens with zero attached hydrogens (tertiary/aromatic N) is 2. The van der Waals surface area contributed by atoms with Crippen molar-refractivity contribution < 1.29 is 0 Å². The topological polar surface area (TPSA) is 9.86 Å². The van der Waals surface area contributed by atoms with Gasteiger partial charge in [-0.1, -0.05) is 103 Å². The second-order valence-corrected chi connectivity index (χ2v) is 13.6. The van der Waals surface area contributed by atoms with Crippen LogP contribution in [0.4, 0.5) is 0 Å². The van der Waals surface area contributed by atoms with E-state index in [-0.39, 0.29) is 0 Å². The highest BCUT2D eigenvalue weighted by atomic mass is 32.1. The molecule has 0 fully saturated rings. The maximum Gasteiger partial charge on any atom is 0.0541 e. The van der Waals surface area contributed by atoms with Gasteiger partial charge in [-0.2, -0.15) is 0 Å². The van der Waals surface area contributed by atoms with Crippen molar-refractivity contribution in [2.24, 2.45) is 0 Å². The monoisotopic (exact) mass is 630 g/mol. The van der Waals surface area contributed by atoms with Gasteiger partial charge in [0.2, 0.25) is 0 Å². The number of hydrogen-bond acceptors (Lipinski definition) is 1. The Labute approximate surface area is 282 Å². The second-order valence-electron chi connectivity index (χ2n) is 12.7. The molecule has 0 N–H and O–H groups in total. The van der Waals surface area contributed by atoms with Gasteiger partial charge >= 0.3 is 0 Å². The summed E-state index contributed by atoms with van der Waals surface area (Å²) >= 11 is 1.81. The molecule has 0 bridgehead atoms. The summed E-state index contributed by atoms with van der Waals surface area (Å²) < 4.78 is 6.15. The van der Waals surface area contributed by atoms with Crippen LogP contribution in [0.3, 0.4) is 0 Å². The Hall–Kier alpha value is -5.90. The highest BCUT2D eigenvalue weighted by Gasteiger charge is 2.18. The van der Waals surface area contributed by atoms with Crippen molar-refractivity contribution in [1.82, 2.24) is 9.13 Å². The van der Waals surface area contributed by atoms with Crippen LogP contribution in [-0.2, 0) is 0 Å². The van der Waals surface area contributed by atoms with Gasteiger partial charge in [-0.25, -0.2) is 0 Å². The van der Waals surface area contributed by atoms with Crippen molar-refractivity contribution in [1.29, 1.82) is 0 Å². The predicted molar refractivity (Wildman–Crippen MR) is 206 cm³/mol. The van der Waals surface area contributed by atoms with Gasteiger partial charge in [0.15, 0.2) is 0 Å². The lowest BCUT2D eigenvalue weighted by molar-refractivity contribution is 1.17. The number of aromatic nitrogens is 2. The average molecular weight is 631 g/mol. The summed E-state index contributed by atoms with van der Waals surface area (Å²) in [6.07, 6.45) is 0. The molecular formula is C45H30N2S. The van der Waals surface area contributed by atoms with Crippen molar-refractivity contribution in [2.75, 3.05) is 0 Å². The number of rotatable bonds is 4. The molecule has 0 saturated heterocycles. The summed E-state index contributed by atoms with van der Waals surface area (Å²) in [6, 6.07) is 57.9. The summed E-state index contributed by atoms with van der Waals surface area (Å²) in [7, 11) is 0. The smallest absolute Gasteiger partial charge is 0.0541 e. The molecule has 226 valence electrons. The number of para-hydroxylation sites is 3. The zero-order valence-electron chi connectivity index (χ0n) is 26.4. The molecule has 2 nitrogen and oxygen atoms in total. The molecule has 0 aliphatic heterocycles. The Kier molecular flexibility index (Phi) is 5.99. The Balaban J connectivity index is 1.17. The predicted octanol–water partition coefficient (Wildman–Crippen LogP) is 12.7. The first kappa shape index (κ1) is 27.2. The van der Waals surface area contributed by atoms with E-state index >= 15 is 0 Å². The van der Waals surface area contributed by atoms with E-state index in [1.54, 1.807) is 0 Å². The molecule has 3 heterocycles. The molecule has 0 unspecified atom stereocenters. The molecule has 3 aromatic heterocycles. The lowest BCUT2D eigenvalue weighted by Gasteiger charge is -2.14. The van der Waals surface area contributed by atoms with Crippen LogP contribution in [0.5, 0.6) is 0 Å². The lowest BCUT2D eigenvalue weighted by Crippen LogP contribution is -1.96. The molecule has 0 atom stereocenters. The highest BCUT2D eigenvalue weighted by molar-refractivity contribution is 7.17. The van der Waals surface area contributed by atoms with Gasteiger partial charge in [0, 0.05) is 48.4 Å². The molecular weight excluding hydrogens is 601 g/mol. The van der Waals surface area contributed by atoms with Crippen LogP contribution in [0.25, 0.3) is 87.3 Å². The van der Waals surface area contributed by atoms with E-state index in [9.17, 15) is 0 Å². The van der Waals surface area contributed by atoms with E-state index in [1.807, 2.05) is 11.3 Å². The first-order valence-electron chi connectivity index (χ1n) is 16.4. The Morgan fingerprint density at radius 3 is 1.67 bits per heavy atom. The van der Waals surface area contributed by atoms with Crippen molar-refractivity contribution >= 4 is 65.0 Å². The summed E-state index contributed by atoms with van der Waals surface area (Å²) in [4.78, 5) is 0. The highest BCUT2D eigenvalue weighted by Crippen LogP contribution is 2.42. The molecule has 0 radical (unpaired) electrons. The minimum atomic E-state index is 1.18. The molecule has 3 heteroatoms. The minimum Gasteiger partial charge on any atom is -0.309 e. The van der Waals surface area contributed by atoms with Crippen LogP contribution in [-0.4, -0.2) is 9.13 Å². The number of aryl methyl sites for hydroxylation is 1. The summed E-state index contributed by atoms with van der Waals surface area (Å²) in [5.41, 5.74) is 13.5. The van der Waals surface area contributed by atoms with Gasteiger partial charge in [-0.15, -0.1) is 11.3 Å². The van der Waals surface area contributed by atoms with Crippen LogP contribution in [0.1, 0.15) is 5.56 Å². The molecule has 0 spiro atoms. The Morgan fingerprint density at radius 2 is 0.958 bits per heavy atom.